The van der Waals surface area contributed by atoms with Crippen molar-refractivity contribution < 1.29 is 4.74 Å². The molecular weight excluding hydrogens is 236 g/mol. The molecule has 1 aromatic carbocycles. The maximum Gasteiger partial charge on any atom is 0.123 e. The third kappa shape index (κ3) is 2.65. The van der Waals surface area contributed by atoms with Crippen molar-refractivity contribution >= 4 is 0 Å². The van der Waals surface area contributed by atoms with E-state index in [1.807, 2.05) is 14.1 Å². The number of ether oxygens (including phenoxy) is 1. The lowest BCUT2D eigenvalue weighted by Gasteiger charge is -2.44. The van der Waals surface area contributed by atoms with E-state index in [1.54, 1.807) is 0 Å². The van der Waals surface area contributed by atoms with Crippen molar-refractivity contribution in [3.8, 4) is 6.07 Å². The van der Waals surface area contributed by atoms with Gasteiger partial charge in [-0.3, -0.25) is 0 Å². The summed E-state index contributed by atoms with van der Waals surface area (Å²) >= 11 is 0. The van der Waals surface area contributed by atoms with Crippen LogP contribution in [0, 0.1) is 16.7 Å². The van der Waals surface area contributed by atoms with E-state index in [2.05, 4.69) is 42.2 Å². The summed E-state index contributed by atoms with van der Waals surface area (Å²) in [6.07, 6.45) is 2.27. The highest BCUT2D eigenvalue weighted by Gasteiger charge is 2.48. The van der Waals surface area contributed by atoms with Crippen molar-refractivity contribution in [2.75, 3.05) is 27.3 Å². The van der Waals surface area contributed by atoms with Crippen LogP contribution in [0.3, 0.4) is 0 Å². The second kappa shape index (κ2) is 5.73. The highest BCUT2D eigenvalue weighted by atomic mass is 16.5. The molecule has 102 valence electrons. The van der Waals surface area contributed by atoms with E-state index in [4.69, 9.17) is 4.74 Å². The fraction of sp³-hybridized carbons (Fsp3) is 0.562. The number of rotatable bonds is 5. The normalized spacial score (nSPS) is 18.7. The smallest absolute Gasteiger partial charge is 0.123 e. The van der Waals surface area contributed by atoms with Crippen LogP contribution in [0.25, 0.3) is 0 Å². The zero-order valence-corrected chi connectivity index (χ0v) is 12.0. The Morgan fingerprint density at radius 2 is 1.95 bits per heavy atom. The van der Waals surface area contributed by atoms with Gasteiger partial charge >= 0.3 is 0 Å². The van der Waals surface area contributed by atoms with Crippen LogP contribution in [0.1, 0.15) is 30.5 Å². The molecule has 1 heterocycles. The Labute approximate surface area is 115 Å². The van der Waals surface area contributed by atoms with Crippen LogP contribution in [-0.2, 0) is 11.2 Å². The number of hydrogen-bond acceptors (Lipinski definition) is 3. The molecule has 1 aromatic rings. The molecule has 1 aliphatic rings. The fourth-order valence-electron chi connectivity index (χ4n) is 2.87. The molecular formula is C16H22N2O. The molecule has 1 unspecified atom stereocenters. The fourth-order valence-corrected chi connectivity index (χ4v) is 2.87. The van der Waals surface area contributed by atoms with Gasteiger partial charge in [0.05, 0.1) is 25.3 Å². The lowest BCUT2D eigenvalue weighted by molar-refractivity contribution is -0.115. The van der Waals surface area contributed by atoms with Crippen LogP contribution in [-0.4, -0.2) is 32.2 Å². The first kappa shape index (κ1) is 14.0. The predicted molar refractivity (Wildman–Crippen MR) is 75.7 cm³/mol. The standard InChI is InChI=1S/C16H22N2O/c1-4-5-13-6-8-14(9-7-13)15(18(2)3)16(10-17)11-19-12-16/h6-9,15H,4-5,11-12H2,1-3H3. The molecule has 3 nitrogen and oxygen atoms in total. The van der Waals surface area contributed by atoms with Crippen LogP contribution in [0.2, 0.25) is 0 Å². The topological polar surface area (TPSA) is 36.3 Å². The SMILES string of the molecule is CCCc1ccc(C(N(C)C)C2(C#N)COC2)cc1. The Bertz CT molecular complexity index is 455. The molecule has 0 bridgehead atoms. The first-order chi connectivity index (χ1) is 9.13. The van der Waals surface area contributed by atoms with Crippen molar-refractivity contribution in [3.63, 3.8) is 0 Å². The first-order valence-electron chi connectivity index (χ1n) is 6.87. The summed E-state index contributed by atoms with van der Waals surface area (Å²) in [4.78, 5) is 2.13. The maximum atomic E-state index is 9.50. The van der Waals surface area contributed by atoms with E-state index in [9.17, 15) is 5.26 Å². The van der Waals surface area contributed by atoms with Crippen LogP contribution in [0.5, 0.6) is 0 Å². The number of nitriles is 1. The molecule has 0 radical (unpaired) electrons. The highest BCUT2D eigenvalue weighted by molar-refractivity contribution is 5.30. The van der Waals surface area contributed by atoms with Crippen LogP contribution in [0.4, 0.5) is 0 Å². The Hall–Kier alpha value is -1.37. The average Bonchev–Trinajstić information content (AvgIpc) is 2.35. The van der Waals surface area contributed by atoms with E-state index in [0.29, 0.717) is 13.2 Å². The number of hydrogen-bond donors (Lipinski definition) is 0. The van der Waals surface area contributed by atoms with E-state index in [1.165, 1.54) is 11.1 Å². The monoisotopic (exact) mass is 258 g/mol. The van der Waals surface area contributed by atoms with Crippen LogP contribution >= 0.6 is 0 Å². The van der Waals surface area contributed by atoms with E-state index in [0.717, 1.165) is 12.8 Å². The summed E-state index contributed by atoms with van der Waals surface area (Å²) in [5.74, 6) is 0. The Balaban J connectivity index is 2.27. The molecule has 0 saturated carbocycles. The van der Waals surface area contributed by atoms with Gasteiger partial charge < -0.3 is 9.64 Å². The van der Waals surface area contributed by atoms with Gasteiger partial charge in [-0.1, -0.05) is 37.6 Å². The van der Waals surface area contributed by atoms with Crippen molar-refractivity contribution in [3.05, 3.63) is 35.4 Å². The summed E-state index contributed by atoms with van der Waals surface area (Å²) in [6, 6.07) is 11.2. The molecule has 0 spiro atoms. The van der Waals surface area contributed by atoms with E-state index < -0.39 is 5.41 Å². The summed E-state index contributed by atoms with van der Waals surface area (Å²) < 4.78 is 5.29. The summed E-state index contributed by atoms with van der Waals surface area (Å²) in [7, 11) is 4.06. The lowest BCUT2D eigenvalue weighted by atomic mass is 9.75. The molecule has 1 fully saturated rings. The second-order valence-electron chi connectivity index (χ2n) is 5.62. The Morgan fingerprint density at radius 1 is 1.32 bits per heavy atom. The summed E-state index contributed by atoms with van der Waals surface area (Å²) in [6.45, 7) is 3.25. The lowest BCUT2D eigenvalue weighted by Crippen LogP contribution is -2.50. The first-order valence-corrected chi connectivity index (χ1v) is 6.87. The molecule has 1 saturated heterocycles. The molecule has 0 aliphatic carbocycles. The molecule has 1 atom stereocenters. The average molecular weight is 258 g/mol. The largest absolute Gasteiger partial charge is 0.378 e. The van der Waals surface area contributed by atoms with Crippen LogP contribution < -0.4 is 0 Å². The zero-order chi connectivity index (χ0) is 13.9. The van der Waals surface area contributed by atoms with Gasteiger partial charge in [0, 0.05) is 0 Å². The molecule has 0 amide bonds. The van der Waals surface area contributed by atoms with Crippen molar-refractivity contribution in [1.82, 2.24) is 4.90 Å². The summed E-state index contributed by atoms with van der Waals surface area (Å²) in [5, 5.41) is 9.50. The van der Waals surface area contributed by atoms with Gasteiger partial charge in [0.1, 0.15) is 5.41 Å². The van der Waals surface area contributed by atoms with Gasteiger partial charge in [-0.05, 0) is 31.6 Å². The molecule has 0 N–H and O–H groups in total. The zero-order valence-electron chi connectivity index (χ0n) is 12.0. The van der Waals surface area contributed by atoms with Crippen molar-refractivity contribution in [1.29, 1.82) is 5.26 Å². The predicted octanol–water partition coefficient (Wildman–Crippen LogP) is 2.78. The summed E-state index contributed by atoms with van der Waals surface area (Å²) in [5.41, 5.74) is 2.17. The third-order valence-electron chi connectivity index (χ3n) is 3.82. The third-order valence-corrected chi connectivity index (χ3v) is 3.82. The van der Waals surface area contributed by atoms with Crippen molar-refractivity contribution in [2.24, 2.45) is 5.41 Å². The van der Waals surface area contributed by atoms with Gasteiger partial charge in [-0.15, -0.1) is 0 Å². The van der Waals surface area contributed by atoms with E-state index >= 15 is 0 Å². The Kier molecular flexibility index (Phi) is 4.24. The molecule has 19 heavy (non-hydrogen) atoms. The van der Waals surface area contributed by atoms with Crippen molar-refractivity contribution in [2.45, 2.75) is 25.8 Å². The van der Waals surface area contributed by atoms with Gasteiger partial charge in [-0.25, -0.2) is 0 Å². The van der Waals surface area contributed by atoms with Gasteiger partial charge in [-0.2, -0.15) is 5.26 Å². The van der Waals surface area contributed by atoms with Gasteiger partial charge in [0.15, 0.2) is 0 Å². The van der Waals surface area contributed by atoms with Gasteiger partial charge in [0.2, 0.25) is 0 Å². The Morgan fingerprint density at radius 3 is 2.32 bits per heavy atom. The molecule has 0 aromatic heterocycles. The minimum absolute atomic E-state index is 0.0990. The minimum Gasteiger partial charge on any atom is -0.378 e. The number of nitrogens with zero attached hydrogens (tertiary/aromatic N) is 2. The van der Waals surface area contributed by atoms with Gasteiger partial charge in [0.25, 0.3) is 0 Å². The second-order valence-corrected chi connectivity index (χ2v) is 5.62. The number of benzene rings is 1. The minimum atomic E-state index is -0.393. The van der Waals surface area contributed by atoms with Crippen LogP contribution in [0.15, 0.2) is 24.3 Å². The maximum absolute atomic E-state index is 9.50. The highest BCUT2D eigenvalue weighted by Crippen LogP contribution is 2.42. The van der Waals surface area contributed by atoms with E-state index in [-0.39, 0.29) is 6.04 Å². The molecule has 2 rings (SSSR count). The quantitative estimate of drug-likeness (QED) is 0.815. The molecule has 1 aliphatic heterocycles. The number of aryl methyl sites for hydroxylation is 1. The molecule has 3 heteroatoms.